The van der Waals surface area contributed by atoms with Gasteiger partial charge in [-0.3, -0.25) is 9.59 Å². The summed E-state index contributed by atoms with van der Waals surface area (Å²) in [6, 6.07) is 15.3. The Morgan fingerprint density at radius 3 is 2.32 bits per heavy atom. The molecule has 0 saturated carbocycles. The average Bonchev–Trinajstić information content (AvgIpc) is 3.01. The van der Waals surface area contributed by atoms with Crippen LogP contribution in [-0.4, -0.2) is 37.8 Å². The molecule has 0 bridgehead atoms. The first-order valence-corrected chi connectivity index (χ1v) is 11.3. The van der Waals surface area contributed by atoms with E-state index in [9.17, 15) is 18.0 Å². The van der Waals surface area contributed by atoms with Crippen molar-refractivity contribution in [1.82, 2.24) is 10.6 Å². The van der Waals surface area contributed by atoms with Gasteiger partial charge in [0.1, 0.15) is 5.70 Å². The molecule has 2 amide bonds. The Labute approximate surface area is 172 Å². The van der Waals surface area contributed by atoms with Crippen LogP contribution < -0.4 is 10.6 Å². The van der Waals surface area contributed by atoms with Gasteiger partial charge in [-0.1, -0.05) is 46.3 Å². The number of carbonyl (C=O) groups excluding carboxylic acids is 2. The van der Waals surface area contributed by atoms with E-state index in [2.05, 4.69) is 26.6 Å². The lowest BCUT2D eigenvalue weighted by Gasteiger charge is -2.14. The molecule has 0 aromatic heterocycles. The number of amides is 2. The number of rotatable bonds is 5. The van der Waals surface area contributed by atoms with Crippen LogP contribution in [0.25, 0.3) is 6.08 Å². The Bertz CT molecular complexity index is 1000. The number of hydrogen-bond donors (Lipinski definition) is 2. The minimum absolute atomic E-state index is 0.0556. The van der Waals surface area contributed by atoms with Gasteiger partial charge in [0.15, 0.2) is 9.84 Å². The fourth-order valence-electron chi connectivity index (χ4n) is 2.84. The Hall–Kier alpha value is -2.45. The lowest BCUT2D eigenvalue weighted by Crippen LogP contribution is -2.41. The van der Waals surface area contributed by atoms with Gasteiger partial charge in [0.25, 0.3) is 11.8 Å². The van der Waals surface area contributed by atoms with Crippen LogP contribution in [0.15, 0.2) is 64.8 Å². The number of halogens is 1. The second-order valence-corrected chi connectivity index (χ2v) is 9.65. The maximum Gasteiger partial charge on any atom is 0.268 e. The summed E-state index contributed by atoms with van der Waals surface area (Å²) in [4.78, 5) is 25.3. The highest BCUT2D eigenvalue weighted by Gasteiger charge is 2.29. The van der Waals surface area contributed by atoms with Crippen molar-refractivity contribution in [3.63, 3.8) is 0 Å². The Balaban J connectivity index is 1.82. The fraction of sp³-hybridized carbons (Fsp3) is 0.200. The smallest absolute Gasteiger partial charge is 0.268 e. The van der Waals surface area contributed by atoms with E-state index in [1.54, 1.807) is 48.5 Å². The van der Waals surface area contributed by atoms with Crippen molar-refractivity contribution >= 4 is 43.7 Å². The summed E-state index contributed by atoms with van der Waals surface area (Å²) in [5.74, 6) is -0.968. The van der Waals surface area contributed by atoms with Crippen LogP contribution in [0.5, 0.6) is 0 Å². The van der Waals surface area contributed by atoms with Crippen molar-refractivity contribution < 1.29 is 18.0 Å². The minimum Gasteiger partial charge on any atom is -0.347 e. The molecule has 0 radical (unpaired) electrons. The van der Waals surface area contributed by atoms with Gasteiger partial charge < -0.3 is 10.6 Å². The molecule has 28 heavy (non-hydrogen) atoms. The lowest BCUT2D eigenvalue weighted by molar-refractivity contribution is -0.118. The topological polar surface area (TPSA) is 92.3 Å². The molecule has 6 nitrogen and oxygen atoms in total. The van der Waals surface area contributed by atoms with Crippen LogP contribution in [0.2, 0.25) is 0 Å². The zero-order chi connectivity index (χ0) is 20.1. The van der Waals surface area contributed by atoms with Crippen molar-refractivity contribution in [2.24, 2.45) is 0 Å². The molecular weight excluding hydrogens is 444 g/mol. The van der Waals surface area contributed by atoms with E-state index in [1.807, 2.05) is 12.1 Å². The van der Waals surface area contributed by atoms with Gasteiger partial charge in [-0.15, -0.1) is 0 Å². The fourth-order valence-corrected chi connectivity index (χ4v) is 4.78. The minimum atomic E-state index is -3.12. The third-order valence-corrected chi connectivity index (χ3v) is 6.57. The van der Waals surface area contributed by atoms with Crippen LogP contribution in [0.3, 0.4) is 0 Å². The van der Waals surface area contributed by atoms with E-state index < -0.39 is 27.7 Å². The Morgan fingerprint density at radius 2 is 1.71 bits per heavy atom. The molecule has 3 rings (SSSR count). The van der Waals surface area contributed by atoms with Crippen LogP contribution in [-0.2, 0) is 14.6 Å². The van der Waals surface area contributed by atoms with E-state index in [-0.39, 0.29) is 17.2 Å². The van der Waals surface area contributed by atoms with E-state index in [0.29, 0.717) is 12.0 Å². The van der Waals surface area contributed by atoms with Gasteiger partial charge in [-0.2, -0.15) is 0 Å². The summed E-state index contributed by atoms with van der Waals surface area (Å²) in [6.45, 7) is 0. The summed E-state index contributed by atoms with van der Waals surface area (Å²) in [6.07, 6.45) is 1.93. The summed E-state index contributed by atoms with van der Waals surface area (Å²) < 4.78 is 24.2. The maximum absolute atomic E-state index is 12.8. The molecule has 8 heteroatoms. The molecular formula is C20H19BrN2O4S. The van der Waals surface area contributed by atoms with Crippen LogP contribution in [0, 0.1) is 0 Å². The second-order valence-electron chi connectivity index (χ2n) is 6.50. The standard InChI is InChI=1S/C20H19BrN2O4S/c21-16-8-6-14(7-9-16)12-18(23-19(24)15-4-2-1-3-5-15)20(25)22-17-10-11-28(26,27)13-17/h1-9,12,17H,10-11,13H2,(H,22,25)(H,23,24)/b18-12+. The molecule has 1 aliphatic heterocycles. The first-order valence-electron chi connectivity index (χ1n) is 8.67. The highest BCUT2D eigenvalue weighted by molar-refractivity contribution is 9.10. The molecule has 0 spiro atoms. The number of sulfone groups is 1. The van der Waals surface area contributed by atoms with Gasteiger partial charge >= 0.3 is 0 Å². The van der Waals surface area contributed by atoms with Crippen LogP contribution in [0.1, 0.15) is 22.3 Å². The predicted octanol–water partition coefficient (Wildman–Crippen LogP) is 2.52. The first-order chi connectivity index (χ1) is 13.3. The molecule has 1 saturated heterocycles. The van der Waals surface area contributed by atoms with Gasteiger partial charge in [-0.05, 0) is 42.3 Å². The average molecular weight is 463 g/mol. The summed E-state index contributed by atoms with van der Waals surface area (Å²) in [7, 11) is -3.12. The molecule has 2 aromatic carbocycles. The normalized spacial score (nSPS) is 18.5. The van der Waals surface area contributed by atoms with Crippen molar-refractivity contribution in [2.45, 2.75) is 12.5 Å². The molecule has 1 unspecified atom stereocenters. The van der Waals surface area contributed by atoms with Crippen molar-refractivity contribution in [1.29, 1.82) is 0 Å². The number of hydrogen-bond acceptors (Lipinski definition) is 4. The van der Waals surface area contributed by atoms with Crippen LogP contribution in [0.4, 0.5) is 0 Å². The molecule has 1 fully saturated rings. The quantitative estimate of drug-likeness (QED) is 0.667. The third kappa shape index (κ3) is 5.53. The van der Waals surface area contributed by atoms with Gasteiger partial charge in [0, 0.05) is 16.1 Å². The molecule has 1 atom stereocenters. The molecule has 2 aromatic rings. The molecule has 0 aliphatic carbocycles. The van der Waals surface area contributed by atoms with Crippen molar-refractivity contribution in [3.05, 3.63) is 75.9 Å². The lowest BCUT2D eigenvalue weighted by atomic mass is 10.1. The molecule has 146 valence electrons. The first kappa shape index (κ1) is 20.3. The van der Waals surface area contributed by atoms with E-state index in [1.165, 1.54) is 0 Å². The van der Waals surface area contributed by atoms with E-state index in [0.717, 1.165) is 10.0 Å². The zero-order valence-corrected chi connectivity index (χ0v) is 17.3. The monoisotopic (exact) mass is 462 g/mol. The highest BCUT2D eigenvalue weighted by Crippen LogP contribution is 2.15. The van der Waals surface area contributed by atoms with E-state index >= 15 is 0 Å². The van der Waals surface area contributed by atoms with Crippen LogP contribution >= 0.6 is 15.9 Å². The maximum atomic E-state index is 12.8. The number of benzene rings is 2. The van der Waals surface area contributed by atoms with Crippen molar-refractivity contribution in [3.8, 4) is 0 Å². The Kier molecular flexibility index (Phi) is 6.31. The van der Waals surface area contributed by atoms with Gasteiger partial charge in [-0.25, -0.2) is 8.42 Å². The van der Waals surface area contributed by atoms with Gasteiger partial charge in [0.2, 0.25) is 0 Å². The Morgan fingerprint density at radius 1 is 1.04 bits per heavy atom. The number of nitrogens with one attached hydrogen (secondary N) is 2. The summed E-state index contributed by atoms with van der Waals surface area (Å²) >= 11 is 3.35. The molecule has 1 aliphatic rings. The summed E-state index contributed by atoms with van der Waals surface area (Å²) in [5, 5.41) is 5.35. The highest BCUT2D eigenvalue weighted by atomic mass is 79.9. The van der Waals surface area contributed by atoms with E-state index in [4.69, 9.17) is 0 Å². The zero-order valence-electron chi connectivity index (χ0n) is 14.9. The molecule has 2 N–H and O–H groups in total. The predicted molar refractivity (Wildman–Crippen MR) is 111 cm³/mol. The second kappa shape index (κ2) is 8.70. The molecule has 1 heterocycles. The van der Waals surface area contributed by atoms with Gasteiger partial charge in [0.05, 0.1) is 11.5 Å². The van der Waals surface area contributed by atoms with Crippen molar-refractivity contribution in [2.75, 3.05) is 11.5 Å². The third-order valence-electron chi connectivity index (χ3n) is 4.28. The largest absolute Gasteiger partial charge is 0.347 e. The SMILES string of the molecule is O=C(NC1CCS(=O)(=O)C1)/C(=C\c1ccc(Br)cc1)NC(=O)c1ccccc1. The summed E-state index contributed by atoms with van der Waals surface area (Å²) in [5.41, 5.74) is 1.20. The number of carbonyl (C=O) groups is 2.